The van der Waals surface area contributed by atoms with Crippen LogP contribution >= 0.6 is 0 Å². The number of H-pyrrole nitrogens is 1. The number of rotatable bonds is 7. The Bertz CT molecular complexity index is 971. The molecular formula is C19H22N4O3S. The van der Waals surface area contributed by atoms with Crippen molar-refractivity contribution in [1.82, 2.24) is 19.9 Å². The molecule has 1 unspecified atom stereocenters. The van der Waals surface area contributed by atoms with Crippen molar-refractivity contribution >= 4 is 22.3 Å². The van der Waals surface area contributed by atoms with Gasteiger partial charge in [0.15, 0.2) is 11.4 Å². The zero-order valence-electron chi connectivity index (χ0n) is 15.6. The van der Waals surface area contributed by atoms with E-state index in [9.17, 15) is 4.55 Å². The van der Waals surface area contributed by atoms with E-state index in [4.69, 9.17) is 9.47 Å². The molecule has 3 aromatic rings. The molecule has 0 spiro atoms. The molecule has 8 heteroatoms. The van der Waals surface area contributed by atoms with Gasteiger partial charge < -0.3 is 14.0 Å². The molecule has 0 saturated heterocycles. The molecule has 1 aliphatic rings. The minimum absolute atomic E-state index is 0.257. The number of methoxy groups -OCH3 is 1. The molecule has 7 nitrogen and oxygen atoms in total. The second-order valence-corrected chi connectivity index (χ2v) is 8.22. The third-order valence-corrected chi connectivity index (χ3v) is 5.87. The molecule has 1 fully saturated rings. The summed E-state index contributed by atoms with van der Waals surface area (Å²) in [6, 6.07) is 3.70. The van der Waals surface area contributed by atoms with Gasteiger partial charge in [0.25, 0.3) is 0 Å². The number of nitrogens with zero attached hydrogens (tertiary/aromatic N) is 3. The Morgan fingerprint density at radius 1 is 1.30 bits per heavy atom. The van der Waals surface area contributed by atoms with Gasteiger partial charge in [-0.1, -0.05) is 0 Å². The Morgan fingerprint density at radius 2 is 2.11 bits per heavy atom. The lowest BCUT2D eigenvalue weighted by Crippen LogP contribution is -2.10. The molecule has 4 rings (SSSR count). The normalized spacial score (nSPS) is 15.1. The van der Waals surface area contributed by atoms with Gasteiger partial charge in [-0.3, -0.25) is 9.97 Å². The Morgan fingerprint density at radius 3 is 2.85 bits per heavy atom. The summed E-state index contributed by atoms with van der Waals surface area (Å²) in [6.45, 7) is 4.56. The minimum Gasteiger partial charge on any atom is -0.609 e. The van der Waals surface area contributed by atoms with Gasteiger partial charge in [0.1, 0.15) is 11.3 Å². The van der Waals surface area contributed by atoms with E-state index in [0.29, 0.717) is 34.7 Å². The predicted molar refractivity (Wildman–Crippen MR) is 102 cm³/mol. The quantitative estimate of drug-likeness (QED) is 0.627. The van der Waals surface area contributed by atoms with Crippen LogP contribution in [-0.2, 0) is 16.9 Å². The lowest BCUT2D eigenvalue weighted by atomic mass is 10.2. The second kappa shape index (κ2) is 7.36. The second-order valence-electron chi connectivity index (χ2n) is 6.85. The summed E-state index contributed by atoms with van der Waals surface area (Å²) < 4.78 is 23.9. The van der Waals surface area contributed by atoms with Crippen LogP contribution < -0.4 is 9.47 Å². The van der Waals surface area contributed by atoms with E-state index >= 15 is 0 Å². The van der Waals surface area contributed by atoms with Crippen LogP contribution in [0, 0.1) is 19.8 Å². The monoisotopic (exact) mass is 386 g/mol. The van der Waals surface area contributed by atoms with E-state index < -0.39 is 11.2 Å². The third kappa shape index (κ3) is 3.86. The van der Waals surface area contributed by atoms with Gasteiger partial charge >= 0.3 is 5.16 Å². The number of aromatic amines is 1. The largest absolute Gasteiger partial charge is 0.609 e. The highest BCUT2D eigenvalue weighted by molar-refractivity contribution is 7.90. The van der Waals surface area contributed by atoms with Crippen LogP contribution in [0.5, 0.6) is 11.6 Å². The molecule has 0 aromatic carbocycles. The summed E-state index contributed by atoms with van der Waals surface area (Å²) in [5.41, 5.74) is 3.81. The maximum atomic E-state index is 12.8. The molecule has 1 N–H and O–H groups in total. The highest BCUT2D eigenvalue weighted by Gasteiger charge is 2.24. The summed E-state index contributed by atoms with van der Waals surface area (Å²) in [4.78, 5) is 16.4. The molecule has 0 aliphatic heterocycles. The van der Waals surface area contributed by atoms with Crippen molar-refractivity contribution in [2.75, 3.05) is 13.7 Å². The highest BCUT2D eigenvalue weighted by atomic mass is 32.2. The van der Waals surface area contributed by atoms with Crippen molar-refractivity contribution in [1.29, 1.82) is 0 Å². The van der Waals surface area contributed by atoms with E-state index in [1.165, 1.54) is 12.8 Å². The number of fused-ring (bicyclic) bond motifs is 1. The van der Waals surface area contributed by atoms with E-state index in [2.05, 4.69) is 19.9 Å². The number of ether oxygens (including phenoxy) is 2. The summed E-state index contributed by atoms with van der Waals surface area (Å²) >= 11 is -1.37. The number of nitrogens with one attached hydrogen (secondary N) is 1. The number of imidazole rings is 1. The van der Waals surface area contributed by atoms with Gasteiger partial charge in [-0.15, -0.1) is 0 Å². The standard InChI is InChI=1S/C19H22N4O3S/c1-11-8-14-17(22-18(11)26-9-13-4-5-13)23-19(21-14)27(24)10-15-12(2)16(25-3)6-7-20-15/h6-8,13H,4-5,9-10H2,1-3H3,(H,21,22,23). The van der Waals surface area contributed by atoms with E-state index in [0.717, 1.165) is 22.6 Å². The first-order valence-electron chi connectivity index (χ1n) is 8.92. The molecule has 142 valence electrons. The third-order valence-electron chi connectivity index (χ3n) is 4.71. The fourth-order valence-electron chi connectivity index (χ4n) is 2.85. The number of hydrogen-bond donors (Lipinski definition) is 1. The highest BCUT2D eigenvalue weighted by Crippen LogP contribution is 2.30. The molecule has 1 atom stereocenters. The summed E-state index contributed by atoms with van der Waals surface area (Å²) in [5.74, 6) is 2.26. The number of hydrogen-bond acceptors (Lipinski definition) is 6. The first-order valence-corrected chi connectivity index (χ1v) is 10.2. The fourth-order valence-corrected chi connectivity index (χ4v) is 3.94. The molecule has 1 saturated carbocycles. The topological polar surface area (TPSA) is 96.0 Å². The first-order chi connectivity index (χ1) is 13.0. The van der Waals surface area contributed by atoms with Crippen molar-refractivity contribution in [2.45, 2.75) is 37.6 Å². The molecule has 27 heavy (non-hydrogen) atoms. The number of aromatic nitrogens is 4. The number of aryl methyl sites for hydroxylation is 1. The van der Waals surface area contributed by atoms with Crippen molar-refractivity contribution < 1.29 is 14.0 Å². The Balaban J connectivity index is 1.55. The van der Waals surface area contributed by atoms with Crippen molar-refractivity contribution in [2.24, 2.45) is 5.92 Å². The van der Waals surface area contributed by atoms with Crippen LogP contribution in [0.3, 0.4) is 0 Å². The summed E-state index contributed by atoms with van der Waals surface area (Å²) in [6.07, 6.45) is 4.11. The van der Waals surface area contributed by atoms with Gasteiger partial charge in [0.2, 0.25) is 5.88 Å². The van der Waals surface area contributed by atoms with Gasteiger partial charge in [-0.25, -0.2) is 0 Å². The average molecular weight is 386 g/mol. The SMILES string of the molecule is COc1ccnc(C[S+]([O-])c2nc3cc(C)c(OCC4CC4)nc3[nH]2)c1C. The van der Waals surface area contributed by atoms with Gasteiger partial charge in [-0.2, -0.15) is 9.97 Å². The summed E-state index contributed by atoms with van der Waals surface area (Å²) in [7, 11) is 1.61. The van der Waals surface area contributed by atoms with Gasteiger partial charge in [-0.05, 0) is 44.7 Å². The van der Waals surface area contributed by atoms with Crippen LogP contribution in [0.4, 0.5) is 0 Å². The maximum Gasteiger partial charge on any atom is 0.323 e. The van der Waals surface area contributed by atoms with Crippen LogP contribution in [0.1, 0.15) is 29.7 Å². The van der Waals surface area contributed by atoms with Crippen molar-refractivity contribution in [3.05, 3.63) is 35.2 Å². The Labute approximate surface area is 160 Å². The average Bonchev–Trinajstić information content (AvgIpc) is 3.39. The first kappa shape index (κ1) is 18.1. The Kier molecular flexibility index (Phi) is 4.92. The number of pyridine rings is 2. The molecule has 3 aromatic heterocycles. The van der Waals surface area contributed by atoms with Crippen LogP contribution in [0.2, 0.25) is 0 Å². The molecule has 3 heterocycles. The molecular weight excluding hydrogens is 364 g/mol. The van der Waals surface area contributed by atoms with E-state index in [1.807, 2.05) is 19.9 Å². The van der Waals surface area contributed by atoms with Crippen LogP contribution in [-0.4, -0.2) is 38.2 Å². The summed E-state index contributed by atoms with van der Waals surface area (Å²) in [5, 5.41) is 0.389. The Hall–Kier alpha value is -2.32. The predicted octanol–water partition coefficient (Wildman–Crippen LogP) is 3.07. The van der Waals surface area contributed by atoms with E-state index in [-0.39, 0.29) is 5.75 Å². The van der Waals surface area contributed by atoms with Crippen molar-refractivity contribution in [3.8, 4) is 11.6 Å². The molecule has 0 radical (unpaired) electrons. The maximum absolute atomic E-state index is 12.8. The smallest absolute Gasteiger partial charge is 0.323 e. The molecule has 0 amide bonds. The lowest BCUT2D eigenvalue weighted by molar-refractivity contribution is 0.287. The van der Waals surface area contributed by atoms with E-state index in [1.54, 1.807) is 19.4 Å². The minimum atomic E-state index is -1.37. The molecule has 1 aliphatic carbocycles. The lowest BCUT2D eigenvalue weighted by Gasteiger charge is -2.10. The van der Waals surface area contributed by atoms with Crippen LogP contribution in [0.25, 0.3) is 11.2 Å². The van der Waals surface area contributed by atoms with Crippen LogP contribution in [0.15, 0.2) is 23.5 Å². The zero-order chi connectivity index (χ0) is 19.0. The fraction of sp³-hybridized carbons (Fsp3) is 0.421. The van der Waals surface area contributed by atoms with Crippen molar-refractivity contribution in [3.63, 3.8) is 0 Å². The zero-order valence-corrected chi connectivity index (χ0v) is 16.4. The van der Waals surface area contributed by atoms with Gasteiger partial charge in [0.05, 0.1) is 19.4 Å². The molecule has 0 bridgehead atoms. The van der Waals surface area contributed by atoms with Gasteiger partial charge in [0, 0.05) is 28.5 Å².